The largest absolute Gasteiger partial charge is 0.481 e. The normalized spacial score (nSPS) is 10.3. The van der Waals surface area contributed by atoms with Crippen LogP contribution in [0.1, 0.15) is 73.1 Å². The number of carboxylic acid groups (broad SMARTS) is 1. The maximum Gasteiger partial charge on any atom is 0.303 e. The number of carboxylic acids is 1. The highest BCUT2D eigenvalue weighted by molar-refractivity contribution is 5.66. The van der Waals surface area contributed by atoms with Gasteiger partial charge in [0.05, 0.1) is 0 Å². The zero-order chi connectivity index (χ0) is 13.7. The molecule has 0 atom stereocenters. The van der Waals surface area contributed by atoms with Crippen molar-refractivity contribution in [3.63, 3.8) is 0 Å². The van der Waals surface area contributed by atoms with Crippen LogP contribution < -0.4 is 5.32 Å². The second kappa shape index (κ2) is 13.5. The van der Waals surface area contributed by atoms with E-state index in [2.05, 4.69) is 39.9 Å². The molecular weight excluding hydrogens is 214 g/mol. The molecule has 0 aromatic rings. The third kappa shape index (κ3) is 25.6. The SMILES string of the molecule is CC(C)NC(C)C.CCCCCCCC(=O)O. The Labute approximate surface area is 107 Å². The Kier molecular flexibility index (Phi) is 14.9. The van der Waals surface area contributed by atoms with Gasteiger partial charge in [-0.3, -0.25) is 4.79 Å². The van der Waals surface area contributed by atoms with Gasteiger partial charge in [0, 0.05) is 18.5 Å². The van der Waals surface area contributed by atoms with Crippen LogP contribution in [0.25, 0.3) is 0 Å². The fourth-order valence-electron chi connectivity index (χ4n) is 1.55. The topological polar surface area (TPSA) is 49.3 Å². The van der Waals surface area contributed by atoms with Gasteiger partial charge < -0.3 is 10.4 Å². The Morgan fingerprint density at radius 3 is 1.76 bits per heavy atom. The first-order valence-corrected chi connectivity index (χ1v) is 6.88. The maximum absolute atomic E-state index is 10.0. The predicted octanol–water partition coefficient (Wildman–Crippen LogP) is 3.82. The molecule has 104 valence electrons. The molecule has 0 unspecified atom stereocenters. The van der Waals surface area contributed by atoms with Crippen molar-refractivity contribution in [2.75, 3.05) is 0 Å². The third-order valence-electron chi connectivity index (χ3n) is 2.16. The molecule has 0 bridgehead atoms. The summed E-state index contributed by atoms with van der Waals surface area (Å²) < 4.78 is 0. The highest BCUT2D eigenvalue weighted by Crippen LogP contribution is 2.04. The van der Waals surface area contributed by atoms with E-state index in [1.165, 1.54) is 19.3 Å². The molecule has 3 nitrogen and oxygen atoms in total. The quantitative estimate of drug-likeness (QED) is 0.639. The summed E-state index contributed by atoms with van der Waals surface area (Å²) in [6, 6.07) is 1.25. The van der Waals surface area contributed by atoms with Gasteiger partial charge in [0.25, 0.3) is 0 Å². The van der Waals surface area contributed by atoms with Crippen LogP contribution in [-0.4, -0.2) is 23.2 Å². The van der Waals surface area contributed by atoms with Crippen LogP contribution in [-0.2, 0) is 4.79 Å². The number of hydrogen-bond acceptors (Lipinski definition) is 2. The monoisotopic (exact) mass is 245 g/mol. The van der Waals surface area contributed by atoms with Crippen molar-refractivity contribution in [1.82, 2.24) is 5.32 Å². The summed E-state index contributed by atoms with van der Waals surface area (Å²) in [5.74, 6) is -0.670. The van der Waals surface area contributed by atoms with Crippen molar-refractivity contribution in [3.8, 4) is 0 Å². The summed E-state index contributed by atoms with van der Waals surface area (Å²) in [5.41, 5.74) is 0. The fourth-order valence-corrected chi connectivity index (χ4v) is 1.55. The second-order valence-electron chi connectivity index (χ2n) is 5.03. The van der Waals surface area contributed by atoms with E-state index in [-0.39, 0.29) is 0 Å². The molecule has 0 aliphatic rings. The van der Waals surface area contributed by atoms with Gasteiger partial charge in [-0.1, -0.05) is 60.3 Å². The van der Waals surface area contributed by atoms with E-state index in [1.54, 1.807) is 0 Å². The average Bonchev–Trinajstić information content (AvgIpc) is 2.15. The minimum absolute atomic E-state index is 0.337. The van der Waals surface area contributed by atoms with Crippen LogP contribution in [0.3, 0.4) is 0 Å². The number of hydrogen-bond donors (Lipinski definition) is 2. The lowest BCUT2D eigenvalue weighted by atomic mass is 10.1. The van der Waals surface area contributed by atoms with Gasteiger partial charge in [-0.05, 0) is 6.42 Å². The molecule has 0 rings (SSSR count). The number of nitrogens with one attached hydrogen (secondary N) is 1. The lowest BCUT2D eigenvalue weighted by molar-refractivity contribution is -0.137. The van der Waals surface area contributed by atoms with Gasteiger partial charge in [-0.2, -0.15) is 0 Å². The van der Waals surface area contributed by atoms with Gasteiger partial charge in [-0.15, -0.1) is 0 Å². The summed E-state index contributed by atoms with van der Waals surface area (Å²) in [4.78, 5) is 10.0. The molecule has 2 N–H and O–H groups in total. The minimum atomic E-state index is -0.670. The summed E-state index contributed by atoms with van der Waals surface area (Å²) in [7, 11) is 0. The van der Waals surface area contributed by atoms with E-state index in [4.69, 9.17) is 5.11 Å². The van der Waals surface area contributed by atoms with Crippen LogP contribution in [0.5, 0.6) is 0 Å². The van der Waals surface area contributed by atoms with Crippen molar-refractivity contribution >= 4 is 5.97 Å². The molecule has 0 aliphatic heterocycles. The predicted molar refractivity (Wildman–Crippen MR) is 74.4 cm³/mol. The molecule has 0 saturated heterocycles. The molecule has 0 amide bonds. The van der Waals surface area contributed by atoms with Crippen molar-refractivity contribution in [3.05, 3.63) is 0 Å². The van der Waals surface area contributed by atoms with Crippen LogP contribution in [0.4, 0.5) is 0 Å². The van der Waals surface area contributed by atoms with Gasteiger partial charge in [-0.25, -0.2) is 0 Å². The van der Waals surface area contributed by atoms with Crippen LogP contribution >= 0.6 is 0 Å². The fraction of sp³-hybridized carbons (Fsp3) is 0.929. The number of unbranched alkanes of at least 4 members (excludes halogenated alkanes) is 4. The van der Waals surface area contributed by atoms with Crippen LogP contribution in [0.15, 0.2) is 0 Å². The molecule has 0 radical (unpaired) electrons. The first-order valence-electron chi connectivity index (χ1n) is 6.88. The van der Waals surface area contributed by atoms with Gasteiger partial charge in [0.2, 0.25) is 0 Å². The summed E-state index contributed by atoms with van der Waals surface area (Å²) in [5, 5.41) is 11.6. The van der Waals surface area contributed by atoms with Crippen molar-refractivity contribution < 1.29 is 9.90 Å². The molecular formula is C14H31NO2. The van der Waals surface area contributed by atoms with E-state index in [0.717, 1.165) is 12.8 Å². The molecule has 0 heterocycles. The van der Waals surface area contributed by atoms with Crippen molar-refractivity contribution in [2.45, 2.75) is 85.2 Å². The molecule has 0 aliphatic carbocycles. The van der Waals surface area contributed by atoms with E-state index in [1.807, 2.05) is 0 Å². The zero-order valence-corrected chi connectivity index (χ0v) is 12.3. The van der Waals surface area contributed by atoms with E-state index in [9.17, 15) is 4.79 Å². The van der Waals surface area contributed by atoms with Gasteiger partial charge in [0.15, 0.2) is 0 Å². The lowest BCUT2D eigenvalue weighted by Crippen LogP contribution is -2.29. The highest BCUT2D eigenvalue weighted by atomic mass is 16.4. The lowest BCUT2D eigenvalue weighted by Gasteiger charge is -2.10. The number of carbonyl (C=O) groups is 1. The molecule has 0 fully saturated rings. The molecule has 0 saturated carbocycles. The van der Waals surface area contributed by atoms with Crippen LogP contribution in [0.2, 0.25) is 0 Å². The molecule has 3 heteroatoms. The summed E-state index contributed by atoms with van der Waals surface area (Å²) in [6.07, 6.45) is 5.88. The standard InChI is InChI=1S/C8H16O2.C6H15N/c1-2-3-4-5-6-7-8(9)10;1-5(2)7-6(3)4/h2-7H2,1H3,(H,9,10);5-7H,1-4H3. The third-order valence-corrected chi connectivity index (χ3v) is 2.16. The molecule has 0 aromatic heterocycles. The Balaban J connectivity index is 0. The highest BCUT2D eigenvalue weighted by Gasteiger charge is 1.94. The second-order valence-corrected chi connectivity index (χ2v) is 5.03. The summed E-state index contributed by atoms with van der Waals surface area (Å²) >= 11 is 0. The van der Waals surface area contributed by atoms with E-state index in [0.29, 0.717) is 18.5 Å². The van der Waals surface area contributed by atoms with Gasteiger partial charge in [0.1, 0.15) is 0 Å². The molecule has 0 aromatic carbocycles. The van der Waals surface area contributed by atoms with E-state index < -0.39 is 5.97 Å². The first-order chi connectivity index (χ1) is 7.90. The summed E-state index contributed by atoms with van der Waals surface area (Å²) in [6.45, 7) is 10.8. The smallest absolute Gasteiger partial charge is 0.303 e. The number of rotatable bonds is 8. The minimum Gasteiger partial charge on any atom is -0.481 e. The average molecular weight is 245 g/mol. The van der Waals surface area contributed by atoms with Crippen molar-refractivity contribution in [1.29, 1.82) is 0 Å². The maximum atomic E-state index is 10.0. The Morgan fingerprint density at radius 1 is 1.00 bits per heavy atom. The molecule has 0 spiro atoms. The Bertz CT molecular complexity index is 162. The van der Waals surface area contributed by atoms with Gasteiger partial charge >= 0.3 is 5.97 Å². The Morgan fingerprint density at radius 2 is 1.47 bits per heavy atom. The zero-order valence-electron chi connectivity index (χ0n) is 12.3. The first kappa shape index (κ1) is 18.8. The van der Waals surface area contributed by atoms with E-state index >= 15 is 0 Å². The van der Waals surface area contributed by atoms with Crippen LogP contribution in [0, 0.1) is 0 Å². The van der Waals surface area contributed by atoms with Crippen molar-refractivity contribution in [2.24, 2.45) is 0 Å². The Hall–Kier alpha value is -0.570. The molecule has 17 heavy (non-hydrogen) atoms. The number of aliphatic carboxylic acids is 1.